The van der Waals surface area contributed by atoms with E-state index in [4.69, 9.17) is 4.12 Å². The molecular weight excluding hydrogens is 506 g/mol. The van der Waals surface area contributed by atoms with Gasteiger partial charge in [0, 0.05) is 4.28 Å². The van der Waals surface area contributed by atoms with Gasteiger partial charge in [-0.2, -0.15) is 13.2 Å². The van der Waals surface area contributed by atoms with Crippen LogP contribution in [0, 0.1) is 0 Å². The minimum atomic E-state index is -4.39. The predicted molar refractivity (Wildman–Crippen MR) is 149 cm³/mol. The van der Waals surface area contributed by atoms with Crippen molar-refractivity contribution in [2.45, 2.75) is 108 Å². The summed E-state index contributed by atoms with van der Waals surface area (Å²) in [6.07, 6.45) is -4.39. The van der Waals surface area contributed by atoms with Crippen LogP contribution in [0.3, 0.4) is 0 Å². The van der Waals surface area contributed by atoms with Gasteiger partial charge in [-0.3, -0.25) is 0 Å². The number of hydrogen-bond acceptors (Lipinski definition) is 2. The molecule has 1 N–H and O–H groups in total. The topological polar surface area (TPSA) is 29.5 Å². The quantitative estimate of drug-likeness (QED) is 0.346. The lowest BCUT2D eigenvalue weighted by Crippen LogP contribution is -2.87. The van der Waals surface area contributed by atoms with Crippen molar-refractivity contribution in [1.29, 1.82) is 0 Å². The normalized spacial score (nSPS) is 17.2. The van der Waals surface area contributed by atoms with Crippen LogP contribution in [0.2, 0.25) is 77.1 Å². The Bertz CT molecular complexity index is 813. The molecule has 1 unspecified atom stereocenters. The maximum Gasteiger partial charge on any atom is 0.416 e. The van der Waals surface area contributed by atoms with Crippen molar-refractivity contribution in [3.8, 4) is 0 Å². The van der Waals surface area contributed by atoms with Gasteiger partial charge in [0.15, 0.2) is 8.32 Å². The minimum Gasteiger partial charge on any atom is -0.438 e. The highest BCUT2D eigenvalue weighted by atomic mass is 29.3. The number of hydrogen-bond donors (Lipinski definition) is 1. The van der Waals surface area contributed by atoms with Gasteiger partial charge in [-0.15, -0.1) is 0 Å². The second kappa shape index (κ2) is 8.84. The molecule has 0 radical (unpaired) electrons. The fourth-order valence-corrected chi connectivity index (χ4v) is 55.6. The summed E-state index contributed by atoms with van der Waals surface area (Å²) in [5.74, 6) is 0. The van der Waals surface area contributed by atoms with Crippen LogP contribution in [0.1, 0.15) is 31.9 Å². The van der Waals surface area contributed by atoms with Crippen molar-refractivity contribution in [2.24, 2.45) is 0 Å². The molecule has 0 heterocycles. The van der Waals surface area contributed by atoms with E-state index in [2.05, 4.69) is 92.8 Å². The van der Waals surface area contributed by atoms with E-state index in [0.29, 0.717) is 0 Å². The molecule has 0 bridgehead atoms. The van der Waals surface area contributed by atoms with Crippen LogP contribution < -0.4 is 0 Å². The molecule has 0 aliphatic carbocycles. The molecule has 2 nitrogen and oxygen atoms in total. The first-order valence-corrected chi connectivity index (χ1v) is 28.0. The van der Waals surface area contributed by atoms with E-state index in [1.807, 2.05) is 0 Å². The van der Waals surface area contributed by atoms with Gasteiger partial charge in [0.05, 0.1) is 21.7 Å². The Balaban J connectivity index is 4.21. The first kappa shape index (κ1) is 31.0. The summed E-state index contributed by atoms with van der Waals surface area (Å²) in [4.78, 5) is 13.2. The Morgan fingerprint density at radius 3 is 1.24 bits per heavy atom. The molecule has 0 aromatic heterocycles. The molecule has 1 atom stereocenters. The van der Waals surface area contributed by atoms with Crippen molar-refractivity contribution in [3.05, 3.63) is 35.4 Å². The molecule has 1 aromatic rings. The fourth-order valence-electron chi connectivity index (χ4n) is 5.43. The Kier molecular flexibility index (Phi) is 8.32. The summed E-state index contributed by atoms with van der Waals surface area (Å²) in [6, 6.07) is 5.73. The van der Waals surface area contributed by atoms with Crippen LogP contribution in [-0.4, -0.2) is 44.9 Å². The van der Waals surface area contributed by atoms with E-state index in [1.54, 1.807) is 12.1 Å². The summed E-state index contributed by atoms with van der Waals surface area (Å²) < 4.78 is 47.0. The first-order chi connectivity index (χ1) is 14.2. The molecule has 1 aromatic carbocycles. The zero-order valence-corrected chi connectivity index (χ0v) is 28.3. The number of halogens is 3. The smallest absolute Gasteiger partial charge is 0.416 e. The third kappa shape index (κ3) is 5.41. The summed E-state index contributed by atoms with van der Waals surface area (Å²) in [5.41, 5.74) is 0.221. The molecule has 1 rings (SSSR count). The summed E-state index contributed by atoms with van der Waals surface area (Å²) >= 11 is 0. The lowest BCUT2D eigenvalue weighted by Gasteiger charge is -2.64. The molecule has 192 valence electrons. The highest BCUT2D eigenvalue weighted by Gasteiger charge is 2.73. The molecule has 0 saturated heterocycles. The standard InChI is InChI=1S/C23H47F3O2Si5/c1-21(2,3)32(13,14)28-33(27,31(10,11)12)23(29(4,5)6,30(7,8)9)20-17-15-19(16-18-20)22(24,25)26/h15-18,27H,1-14H3. The first-order valence-electron chi connectivity index (χ1n) is 11.8. The second-order valence-corrected chi connectivity index (χ2v) is 44.5. The number of benzene rings is 1. The van der Waals surface area contributed by atoms with E-state index in [1.165, 1.54) is 12.1 Å². The summed E-state index contributed by atoms with van der Waals surface area (Å²) in [6.45, 7) is 31.2. The third-order valence-corrected chi connectivity index (χ3v) is 43.6. The summed E-state index contributed by atoms with van der Waals surface area (Å²) in [7, 11) is -12.7. The second-order valence-electron chi connectivity index (χ2n) is 14.1. The van der Waals surface area contributed by atoms with Crippen LogP contribution in [0.4, 0.5) is 13.2 Å². The fraction of sp³-hybridized carbons (Fsp3) is 0.739. The van der Waals surface area contributed by atoms with Gasteiger partial charge in [0.2, 0.25) is 0 Å². The SMILES string of the molecule is CC(C)(C)[Si](C)(C)O[Si](O)(C(c1ccc(C(F)(F)F)cc1)([Si](C)(C)C)[Si](C)(C)C)[Si](C)(C)C. The largest absolute Gasteiger partial charge is 0.438 e. The zero-order valence-electron chi connectivity index (χ0n) is 23.3. The van der Waals surface area contributed by atoms with Crippen molar-refractivity contribution in [3.63, 3.8) is 0 Å². The van der Waals surface area contributed by atoms with E-state index < -0.39 is 56.2 Å². The van der Waals surface area contributed by atoms with Crippen LogP contribution in [0.5, 0.6) is 0 Å². The molecule has 0 saturated carbocycles. The van der Waals surface area contributed by atoms with Crippen molar-refractivity contribution in [1.82, 2.24) is 0 Å². The van der Waals surface area contributed by atoms with Gasteiger partial charge in [0.1, 0.15) is 7.59 Å². The van der Waals surface area contributed by atoms with Gasteiger partial charge in [0.25, 0.3) is 0 Å². The average molecular weight is 553 g/mol. The molecule has 33 heavy (non-hydrogen) atoms. The van der Waals surface area contributed by atoms with E-state index in [0.717, 1.165) is 5.56 Å². The lowest BCUT2D eigenvalue weighted by atomic mass is 10.1. The average Bonchev–Trinajstić information content (AvgIpc) is 2.49. The van der Waals surface area contributed by atoms with Gasteiger partial charge in [-0.05, 0) is 35.8 Å². The zero-order chi connectivity index (χ0) is 26.7. The Morgan fingerprint density at radius 2 is 1.00 bits per heavy atom. The number of alkyl halides is 3. The monoisotopic (exact) mass is 552 g/mol. The van der Waals surface area contributed by atoms with Gasteiger partial charge < -0.3 is 8.91 Å². The van der Waals surface area contributed by atoms with Gasteiger partial charge in [-0.25, -0.2) is 0 Å². The molecule has 0 spiro atoms. The lowest BCUT2D eigenvalue weighted by molar-refractivity contribution is -0.137. The van der Waals surface area contributed by atoms with Crippen molar-refractivity contribution < 1.29 is 22.1 Å². The maximum atomic E-state index is 13.4. The Labute approximate surface area is 205 Å². The molecule has 0 amide bonds. The highest BCUT2D eigenvalue weighted by molar-refractivity contribution is 7.44. The van der Waals surface area contributed by atoms with Crippen LogP contribution >= 0.6 is 0 Å². The van der Waals surface area contributed by atoms with E-state index >= 15 is 0 Å². The number of rotatable bonds is 7. The molecule has 0 fully saturated rings. The highest BCUT2D eigenvalue weighted by Crippen LogP contribution is 2.54. The minimum absolute atomic E-state index is 0.0849. The van der Waals surface area contributed by atoms with Crippen molar-refractivity contribution >= 4 is 40.1 Å². The van der Waals surface area contributed by atoms with Crippen LogP contribution in [0.25, 0.3) is 0 Å². The predicted octanol–water partition coefficient (Wildman–Crippen LogP) is 8.11. The Morgan fingerprint density at radius 1 is 0.667 bits per heavy atom. The molecule has 0 aliphatic rings. The van der Waals surface area contributed by atoms with E-state index in [9.17, 15) is 18.0 Å². The Hall–Kier alpha value is 0.0144. The van der Waals surface area contributed by atoms with Crippen LogP contribution in [0.15, 0.2) is 24.3 Å². The van der Waals surface area contributed by atoms with Gasteiger partial charge >= 0.3 is 14.3 Å². The molecular formula is C23H47F3O2Si5. The summed E-state index contributed by atoms with van der Waals surface area (Å²) in [5, 5.41) is -0.0849. The third-order valence-electron chi connectivity index (χ3n) is 7.63. The molecule has 10 heteroatoms. The van der Waals surface area contributed by atoms with Crippen LogP contribution in [-0.2, 0) is 14.6 Å². The van der Waals surface area contributed by atoms with Gasteiger partial charge in [-0.1, -0.05) is 91.8 Å². The van der Waals surface area contributed by atoms with E-state index in [-0.39, 0.29) is 5.04 Å². The van der Waals surface area contributed by atoms with Crippen molar-refractivity contribution in [2.75, 3.05) is 0 Å². The maximum absolute atomic E-state index is 13.4. The molecule has 0 aliphatic heterocycles.